The van der Waals surface area contributed by atoms with E-state index in [1.807, 2.05) is 0 Å². The van der Waals surface area contributed by atoms with Crippen LogP contribution < -0.4 is 0 Å². The summed E-state index contributed by atoms with van der Waals surface area (Å²) in [6, 6.07) is 0. The minimum absolute atomic E-state index is 0.694. The molecule has 2 aliphatic rings. The second-order valence-corrected chi connectivity index (χ2v) is 3.73. The lowest BCUT2D eigenvalue weighted by Gasteiger charge is -2.18. The van der Waals surface area contributed by atoms with E-state index < -0.39 is 0 Å². The van der Waals surface area contributed by atoms with Crippen LogP contribution in [-0.2, 0) is 0 Å². The highest BCUT2D eigenvalue weighted by atomic mass is 15.2. The molecule has 0 aromatic heterocycles. The van der Waals surface area contributed by atoms with Gasteiger partial charge in [0, 0.05) is 5.54 Å². The van der Waals surface area contributed by atoms with Gasteiger partial charge in [-0.2, -0.15) is 0 Å². The van der Waals surface area contributed by atoms with Gasteiger partial charge < -0.3 is 4.90 Å². The summed E-state index contributed by atoms with van der Waals surface area (Å²) >= 11 is 0. The van der Waals surface area contributed by atoms with Crippen molar-refractivity contribution in [3.63, 3.8) is 0 Å². The van der Waals surface area contributed by atoms with Gasteiger partial charge in [-0.15, -0.1) is 0 Å². The monoisotopic (exact) mass is 125 g/mol. The Bertz CT molecular complexity index is 133. The average Bonchev–Trinajstić information content (AvgIpc) is 2.29. The van der Waals surface area contributed by atoms with E-state index in [9.17, 15) is 0 Å². The molecule has 2 fully saturated rings. The molecule has 1 saturated carbocycles. The molecular formula is C8H15N. The molecule has 0 N–H and O–H groups in total. The van der Waals surface area contributed by atoms with Gasteiger partial charge in [0.25, 0.3) is 0 Å². The third-order valence-corrected chi connectivity index (χ3v) is 3.28. The topological polar surface area (TPSA) is 3.24 Å². The Labute approximate surface area is 57.0 Å². The standard InChI is InChI=1S/C8H15N/c1-7-6-8(7)4-3-5-9(8)2/h7H,3-6H2,1-2H3/t7-,8-/m0/s1. The fraction of sp³-hybridized carbons (Fsp3) is 1.00. The van der Waals surface area contributed by atoms with Crippen LogP contribution >= 0.6 is 0 Å². The minimum Gasteiger partial charge on any atom is -0.300 e. The molecule has 9 heavy (non-hydrogen) atoms. The van der Waals surface area contributed by atoms with Gasteiger partial charge in [0.2, 0.25) is 0 Å². The second kappa shape index (κ2) is 1.51. The first-order valence-corrected chi connectivity index (χ1v) is 3.97. The van der Waals surface area contributed by atoms with Crippen LogP contribution in [0.3, 0.4) is 0 Å². The highest BCUT2D eigenvalue weighted by molar-refractivity contribution is 5.11. The van der Waals surface area contributed by atoms with Gasteiger partial charge in [0.15, 0.2) is 0 Å². The SMILES string of the molecule is C[C@H]1C[C@@]12CCCN2C. The Morgan fingerprint density at radius 3 is 2.44 bits per heavy atom. The van der Waals surface area contributed by atoms with E-state index in [1.165, 1.54) is 25.8 Å². The van der Waals surface area contributed by atoms with Crippen molar-refractivity contribution in [2.45, 2.75) is 31.7 Å². The summed E-state index contributed by atoms with van der Waals surface area (Å²) in [5, 5.41) is 0. The van der Waals surface area contributed by atoms with Crippen molar-refractivity contribution >= 4 is 0 Å². The molecule has 0 amide bonds. The first-order valence-electron chi connectivity index (χ1n) is 3.97. The molecule has 2 atom stereocenters. The Balaban J connectivity index is 2.12. The molecule has 2 rings (SSSR count). The van der Waals surface area contributed by atoms with Crippen molar-refractivity contribution in [3.05, 3.63) is 0 Å². The molecule has 1 spiro atoms. The van der Waals surface area contributed by atoms with E-state index in [2.05, 4.69) is 18.9 Å². The van der Waals surface area contributed by atoms with Gasteiger partial charge >= 0.3 is 0 Å². The van der Waals surface area contributed by atoms with Crippen molar-refractivity contribution in [2.75, 3.05) is 13.6 Å². The average molecular weight is 125 g/mol. The van der Waals surface area contributed by atoms with Gasteiger partial charge in [0.1, 0.15) is 0 Å². The molecule has 0 unspecified atom stereocenters. The number of hydrogen-bond donors (Lipinski definition) is 0. The Kier molecular flexibility index (Phi) is 0.963. The fourth-order valence-corrected chi connectivity index (χ4v) is 2.39. The third-order valence-electron chi connectivity index (χ3n) is 3.28. The van der Waals surface area contributed by atoms with E-state index >= 15 is 0 Å². The highest BCUT2D eigenvalue weighted by Gasteiger charge is 2.55. The summed E-state index contributed by atoms with van der Waals surface area (Å²) in [7, 11) is 2.27. The molecule has 52 valence electrons. The van der Waals surface area contributed by atoms with Crippen LogP contribution in [0.25, 0.3) is 0 Å². The molecule has 0 aromatic carbocycles. The Hall–Kier alpha value is -0.0400. The molecule has 1 heteroatoms. The van der Waals surface area contributed by atoms with E-state index in [0.29, 0.717) is 5.54 Å². The molecule has 0 radical (unpaired) electrons. The van der Waals surface area contributed by atoms with E-state index in [0.717, 1.165) is 5.92 Å². The molecule has 1 nitrogen and oxygen atoms in total. The maximum Gasteiger partial charge on any atom is 0.0236 e. The predicted molar refractivity (Wildman–Crippen MR) is 38.4 cm³/mol. The first-order chi connectivity index (χ1) is 4.26. The molecule has 1 aliphatic carbocycles. The molecule has 1 saturated heterocycles. The lowest BCUT2D eigenvalue weighted by atomic mass is 10.1. The number of rotatable bonds is 0. The minimum atomic E-state index is 0.694. The van der Waals surface area contributed by atoms with Gasteiger partial charge in [-0.25, -0.2) is 0 Å². The zero-order chi connectivity index (χ0) is 6.48. The van der Waals surface area contributed by atoms with Crippen molar-refractivity contribution in [1.82, 2.24) is 4.90 Å². The quantitative estimate of drug-likeness (QED) is 0.474. The Morgan fingerprint density at radius 2 is 2.22 bits per heavy atom. The van der Waals surface area contributed by atoms with Crippen molar-refractivity contribution < 1.29 is 0 Å². The maximum absolute atomic E-state index is 2.55. The highest BCUT2D eigenvalue weighted by Crippen LogP contribution is 2.53. The zero-order valence-electron chi connectivity index (χ0n) is 6.35. The number of hydrogen-bond acceptors (Lipinski definition) is 1. The molecular weight excluding hydrogens is 110 g/mol. The van der Waals surface area contributed by atoms with Gasteiger partial charge in [-0.1, -0.05) is 6.92 Å². The van der Waals surface area contributed by atoms with Crippen molar-refractivity contribution in [3.8, 4) is 0 Å². The van der Waals surface area contributed by atoms with Crippen LogP contribution in [0.5, 0.6) is 0 Å². The smallest absolute Gasteiger partial charge is 0.0236 e. The van der Waals surface area contributed by atoms with Gasteiger partial charge in [0.05, 0.1) is 0 Å². The molecule has 1 aliphatic heterocycles. The van der Waals surface area contributed by atoms with Crippen LogP contribution in [0.2, 0.25) is 0 Å². The summed E-state index contributed by atoms with van der Waals surface area (Å²) in [6.45, 7) is 3.71. The van der Waals surface area contributed by atoms with E-state index in [4.69, 9.17) is 0 Å². The second-order valence-electron chi connectivity index (χ2n) is 3.73. The first kappa shape index (κ1) is 5.72. The number of likely N-dealkylation sites (tertiary alicyclic amines) is 1. The summed E-state index contributed by atoms with van der Waals surface area (Å²) in [6.07, 6.45) is 4.36. The number of nitrogens with zero attached hydrogens (tertiary/aromatic N) is 1. The largest absolute Gasteiger partial charge is 0.300 e. The lowest BCUT2D eigenvalue weighted by molar-refractivity contribution is 0.273. The molecule has 0 aromatic rings. The summed E-state index contributed by atoms with van der Waals surface area (Å²) in [5.74, 6) is 0.991. The normalized spacial score (nSPS) is 50.7. The summed E-state index contributed by atoms with van der Waals surface area (Å²) in [5.41, 5.74) is 0.694. The van der Waals surface area contributed by atoms with Crippen LogP contribution in [0.15, 0.2) is 0 Å². The van der Waals surface area contributed by atoms with Crippen molar-refractivity contribution in [2.24, 2.45) is 5.92 Å². The lowest BCUT2D eigenvalue weighted by Crippen LogP contribution is -2.28. The summed E-state index contributed by atoms with van der Waals surface area (Å²) in [4.78, 5) is 2.55. The van der Waals surface area contributed by atoms with Gasteiger partial charge in [-0.3, -0.25) is 0 Å². The third kappa shape index (κ3) is 0.586. The predicted octanol–water partition coefficient (Wildman–Crippen LogP) is 1.49. The van der Waals surface area contributed by atoms with Crippen molar-refractivity contribution in [1.29, 1.82) is 0 Å². The van der Waals surface area contributed by atoms with E-state index in [1.54, 1.807) is 0 Å². The van der Waals surface area contributed by atoms with Crippen LogP contribution in [-0.4, -0.2) is 24.0 Å². The maximum atomic E-state index is 2.55. The summed E-state index contributed by atoms with van der Waals surface area (Å²) < 4.78 is 0. The molecule has 0 bridgehead atoms. The molecule has 1 heterocycles. The van der Waals surface area contributed by atoms with Crippen LogP contribution in [0.1, 0.15) is 26.2 Å². The van der Waals surface area contributed by atoms with Crippen LogP contribution in [0, 0.1) is 5.92 Å². The van der Waals surface area contributed by atoms with Crippen LogP contribution in [0.4, 0.5) is 0 Å². The Morgan fingerprint density at radius 1 is 1.56 bits per heavy atom. The zero-order valence-corrected chi connectivity index (χ0v) is 6.35. The van der Waals surface area contributed by atoms with Gasteiger partial charge in [-0.05, 0) is 38.8 Å². The van der Waals surface area contributed by atoms with E-state index in [-0.39, 0.29) is 0 Å². The fourth-order valence-electron chi connectivity index (χ4n) is 2.39.